The smallest absolute Gasteiger partial charge is 0.315 e. The highest BCUT2D eigenvalue weighted by molar-refractivity contribution is 5.76. The number of nitrogens with zero attached hydrogens (tertiary/aromatic N) is 2. The summed E-state index contributed by atoms with van der Waals surface area (Å²) >= 11 is 0. The Morgan fingerprint density at radius 3 is 2.65 bits per heavy atom. The Bertz CT molecular complexity index is 403. The lowest BCUT2D eigenvalue weighted by Gasteiger charge is -2.07. The Balaban J connectivity index is 2.20. The van der Waals surface area contributed by atoms with Gasteiger partial charge in [-0.1, -0.05) is 32.8 Å². The molecule has 0 bridgehead atoms. The van der Waals surface area contributed by atoms with Crippen molar-refractivity contribution in [3.8, 4) is 0 Å². The number of nitrogens with one attached hydrogen (secondary N) is 3. The zero-order valence-electron chi connectivity index (χ0n) is 12.7. The van der Waals surface area contributed by atoms with E-state index in [9.17, 15) is 4.79 Å². The zero-order valence-corrected chi connectivity index (χ0v) is 12.7. The number of rotatable bonds is 9. The third-order valence-corrected chi connectivity index (χ3v) is 2.46. The Morgan fingerprint density at radius 2 is 2.00 bits per heavy atom. The molecule has 0 saturated carbocycles. The molecule has 1 aromatic rings. The summed E-state index contributed by atoms with van der Waals surface area (Å²) in [7, 11) is 0. The topological polar surface area (TPSA) is 92.1 Å². The van der Waals surface area contributed by atoms with Crippen LogP contribution in [0.3, 0.4) is 0 Å². The van der Waals surface area contributed by atoms with Gasteiger partial charge in [0.1, 0.15) is 0 Å². The summed E-state index contributed by atoms with van der Waals surface area (Å²) in [6.07, 6.45) is 0.384. The molecule has 0 aromatic carbocycles. The molecule has 0 aliphatic heterocycles. The Kier molecular flexibility index (Phi) is 7.00. The summed E-state index contributed by atoms with van der Waals surface area (Å²) in [6, 6.07) is 0.713. The minimum Gasteiger partial charge on any atom is -0.407 e. The van der Waals surface area contributed by atoms with Crippen molar-refractivity contribution < 1.29 is 9.21 Å². The molecule has 3 N–H and O–H groups in total. The van der Waals surface area contributed by atoms with Crippen molar-refractivity contribution in [1.82, 2.24) is 20.8 Å². The Labute approximate surface area is 119 Å². The van der Waals surface area contributed by atoms with Gasteiger partial charge in [0.05, 0.1) is 6.54 Å². The molecule has 0 saturated heterocycles. The molecule has 1 aromatic heterocycles. The average Bonchev–Trinajstić information content (AvgIpc) is 2.82. The van der Waals surface area contributed by atoms with Crippen molar-refractivity contribution in [1.29, 1.82) is 0 Å². The molecule has 0 fully saturated rings. The molecule has 0 radical (unpaired) electrons. The van der Waals surface area contributed by atoms with Gasteiger partial charge in [-0.3, -0.25) is 4.79 Å². The first-order valence-corrected chi connectivity index (χ1v) is 7.03. The van der Waals surface area contributed by atoms with Crippen molar-refractivity contribution >= 4 is 11.9 Å². The SMILES string of the molecule is CC(C)CNC(=O)CCNc1nnc(CNC(C)C)o1. The first-order valence-electron chi connectivity index (χ1n) is 7.03. The second-order valence-electron chi connectivity index (χ2n) is 5.41. The normalized spacial score (nSPS) is 11.1. The number of carbonyl (C=O) groups is 1. The maximum absolute atomic E-state index is 11.5. The fourth-order valence-electron chi connectivity index (χ4n) is 1.38. The number of aromatic nitrogens is 2. The number of anilines is 1. The molecule has 1 heterocycles. The van der Waals surface area contributed by atoms with E-state index in [4.69, 9.17) is 4.42 Å². The van der Waals surface area contributed by atoms with Crippen LogP contribution in [0.1, 0.15) is 40.0 Å². The first kappa shape index (κ1) is 16.4. The molecule has 0 atom stereocenters. The van der Waals surface area contributed by atoms with Crippen LogP contribution in [0.4, 0.5) is 6.01 Å². The zero-order chi connectivity index (χ0) is 15.0. The van der Waals surface area contributed by atoms with Crippen molar-refractivity contribution in [2.24, 2.45) is 5.92 Å². The van der Waals surface area contributed by atoms with Gasteiger partial charge < -0.3 is 20.4 Å². The lowest BCUT2D eigenvalue weighted by Crippen LogP contribution is -2.28. The van der Waals surface area contributed by atoms with Gasteiger partial charge in [0.15, 0.2) is 0 Å². The van der Waals surface area contributed by atoms with Gasteiger partial charge in [0.25, 0.3) is 0 Å². The third-order valence-electron chi connectivity index (χ3n) is 2.46. The Hall–Kier alpha value is -1.63. The van der Waals surface area contributed by atoms with Crippen molar-refractivity contribution in [3.63, 3.8) is 0 Å². The maximum Gasteiger partial charge on any atom is 0.315 e. The molecule has 7 nitrogen and oxygen atoms in total. The lowest BCUT2D eigenvalue weighted by molar-refractivity contribution is -0.120. The lowest BCUT2D eigenvalue weighted by atomic mass is 10.2. The fraction of sp³-hybridized carbons (Fsp3) is 0.769. The maximum atomic E-state index is 11.5. The molecular weight excluding hydrogens is 258 g/mol. The second-order valence-corrected chi connectivity index (χ2v) is 5.41. The Morgan fingerprint density at radius 1 is 1.25 bits per heavy atom. The number of hydrogen-bond donors (Lipinski definition) is 3. The molecule has 0 aliphatic rings. The number of amides is 1. The van der Waals surface area contributed by atoms with E-state index >= 15 is 0 Å². The van der Waals surface area contributed by atoms with Crippen molar-refractivity contribution in [3.05, 3.63) is 5.89 Å². The molecular formula is C13H25N5O2. The van der Waals surface area contributed by atoms with Gasteiger partial charge in [-0.05, 0) is 5.92 Å². The fourth-order valence-corrected chi connectivity index (χ4v) is 1.38. The molecule has 114 valence electrons. The van der Waals surface area contributed by atoms with E-state index in [1.807, 2.05) is 13.8 Å². The molecule has 1 amide bonds. The third kappa shape index (κ3) is 7.08. The molecule has 1 rings (SSSR count). The summed E-state index contributed by atoms with van der Waals surface area (Å²) in [5.74, 6) is 1.01. The summed E-state index contributed by atoms with van der Waals surface area (Å²) in [5.41, 5.74) is 0. The first-order chi connectivity index (χ1) is 9.47. The van der Waals surface area contributed by atoms with Crippen molar-refractivity contribution in [2.75, 3.05) is 18.4 Å². The average molecular weight is 283 g/mol. The monoisotopic (exact) mass is 283 g/mol. The molecule has 0 aliphatic carbocycles. The van der Waals surface area contributed by atoms with Gasteiger partial charge in [-0.25, -0.2) is 0 Å². The minimum atomic E-state index is 0.0208. The predicted molar refractivity (Wildman–Crippen MR) is 77.2 cm³/mol. The second kappa shape index (κ2) is 8.52. The van der Waals surface area contributed by atoms with Crippen LogP contribution in [-0.2, 0) is 11.3 Å². The van der Waals surface area contributed by atoms with Gasteiger partial charge in [0, 0.05) is 25.6 Å². The van der Waals surface area contributed by atoms with Gasteiger partial charge in [-0.15, -0.1) is 5.10 Å². The van der Waals surface area contributed by atoms with Crippen LogP contribution >= 0.6 is 0 Å². The van der Waals surface area contributed by atoms with Gasteiger partial charge in [0.2, 0.25) is 11.8 Å². The number of carbonyl (C=O) groups excluding carboxylic acids is 1. The van der Waals surface area contributed by atoms with E-state index in [1.165, 1.54) is 0 Å². The minimum absolute atomic E-state index is 0.0208. The van der Waals surface area contributed by atoms with E-state index in [1.54, 1.807) is 0 Å². The van der Waals surface area contributed by atoms with Gasteiger partial charge in [-0.2, -0.15) is 0 Å². The van der Waals surface area contributed by atoms with Gasteiger partial charge >= 0.3 is 6.01 Å². The number of hydrogen-bond acceptors (Lipinski definition) is 6. The summed E-state index contributed by atoms with van der Waals surface area (Å²) in [5, 5.41) is 16.8. The quantitative estimate of drug-likeness (QED) is 0.629. The predicted octanol–water partition coefficient (Wildman–Crippen LogP) is 1.14. The molecule has 0 spiro atoms. The van der Waals surface area contributed by atoms with E-state index in [-0.39, 0.29) is 5.91 Å². The van der Waals surface area contributed by atoms with Crippen LogP contribution in [0.15, 0.2) is 4.42 Å². The highest BCUT2D eigenvalue weighted by atomic mass is 16.4. The molecule has 20 heavy (non-hydrogen) atoms. The molecule has 0 unspecified atom stereocenters. The van der Waals surface area contributed by atoms with Crippen LogP contribution in [0.25, 0.3) is 0 Å². The van der Waals surface area contributed by atoms with Crippen LogP contribution in [-0.4, -0.2) is 35.2 Å². The van der Waals surface area contributed by atoms with E-state index in [0.717, 1.165) is 0 Å². The van der Waals surface area contributed by atoms with Crippen molar-refractivity contribution in [2.45, 2.75) is 46.7 Å². The standard InChI is InChI=1S/C13H25N5O2/c1-9(2)7-16-11(19)5-6-14-13-18-17-12(20-13)8-15-10(3)4/h9-10,15H,5-8H2,1-4H3,(H,14,18)(H,16,19). The van der Waals surface area contributed by atoms with E-state index < -0.39 is 0 Å². The van der Waals surface area contributed by atoms with E-state index in [0.29, 0.717) is 49.9 Å². The largest absolute Gasteiger partial charge is 0.407 e. The summed E-state index contributed by atoms with van der Waals surface area (Å²) < 4.78 is 5.39. The summed E-state index contributed by atoms with van der Waals surface area (Å²) in [4.78, 5) is 11.5. The highest BCUT2D eigenvalue weighted by Crippen LogP contribution is 2.05. The summed E-state index contributed by atoms with van der Waals surface area (Å²) in [6.45, 7) is 9.93. The van der Waals surface area contributed by atoms with E-state index in [2.05, 4.69) is 40.0 Å². The van der Waals surface area contributed by atoms with Crippen LogP contribution in [0, 0.1) is 5.92 Å². The van der Waals surface area contributed by atoms with Crippen LogP contribution in [0.5, 0.6) is 0 Å². The van der Waals surface area contributed by atoms with Crippen LogP contribution < -0.4 is 16.0 Å². The molecule has 7 heteroatoms. The van der Waals surface area contributed by atoms with Crippen LogP contribution in [0.2, 0.25) is 0 Å². The highest BCUT2D eigenvalue weighted by Gasteiger charge is 2.07.